The van der Waals surface area contributed by atoms with E-state index in [1.54, 1.807) is 12.1 Å². The molecule has 1 aliphatic rings. The molecule has 1 fully saturated rings. The lowest BCUT2D eigenvalue weighted by molar-refractivity contribution is 0.102. The molecule has 1 saturated heterocycles. The van der Waals surface area contributed by atoms with Crippen LogP contribution >= 0.6 is 11.6 Å². The maximum absolute atomic E-state index is 12.3. The molecular formula is C17H20ClN5O. The number of halogens is 1. The third-order valence-corrected chi connectivity index (χ3v) is 4.55. The highest BCUT2D eigenvalue weighted by Gasteiger charge is 2.16. The molecule has 6 nitrogen and oxygen atoms in total. The number of nitrogens with zero attached hydrogens (tertiary/aromatic N) is 4. The summed E-state index contributed by atoms with van der Waals surface area (Å²) >= 11 is 6.07. The van der Waals surface area contributed by atoms with Crippen LogP contribution < -0.4 is 10.2 Å². The van der Waals surface area contributed by atoms with Gasteiger partial charge in [-0.3, -0.25) is 4.79 Å². The van der Waals surface area contributed by atoms with Crippen molar-refractivity contribution >= 4 is 29.0 Å². The summed E-state index contributed by atoms with van der Waals surface area (Å²) < 4.78 is 0. The van der Waals surface area contributed by atoms with Crippen LogP contribution in [-0.4, -0.2) is 54.2 Å². The van der Waals surface area contributed by atoms with Gasteiger partial charge in [0.15, 0.2) is 11.5 Å². The van der Waals surface area contributed by atoms with Crippen molar-refractivity contribution in [1.82, 2.24) is 15.1 Å². The topological polar surface area (TPSA) is 61.4 Å². The summed E-state index contributed by atoms with van der Waals surface area (Å²) in [7, 11) is 2.10. The molecule has 126 valence electrons. The number of rotatable bonds is 3. The van der Waals surface area contributed by atoms with Crippen molar-refractivity contribution in [1.29, 1.82) is 0 Å². The van der Waals surface area contributed by atoms with Gasteiger partial charge in [-0.15, -0.1) is 10.2 Å². The summed E-state index contributed by atoms with van der Waals surface area (Å²) in [6.07, 6.45) is 0. The highest BCUT2D eigenvalue weighted by Crippen LogP contribution is 2.20. The molecule has 0 bridgehead atoms. The Bertz CT molecular complexity index is 726. The van der Waals surface area contributed by atoms with Gasteiger partial charge in [0.05, 0.1) is 0 Å². The molecule has 3 rings (SSSR count). The molecule has 7 heteroatoms. The van der Waals surface area contributed by atoms with Crippen molar-refractivity contribution in [2.24, 2.45) is 0 Å². The average Bonchev–Trinajstić information content (AvgIpc) is 2.59. The number of amides is 1. The van der Waals surface area contributed by atoms with E-state index in [1.165, 1.54) is 0 Å². The van der Waals surface area contributed by atoms with Gasteiger partial charge in [-0.1, -0.05) is 17.7 Å². The zero-order chi connectivity index (χ0) is 17.1. The maximum atomic E-state index is 12.3. The zero-order valence-electron chi connectivity index (χ0n) is 13.8. The molecule has 1 N–H and O–H groups in total. The van der Waals surface area contributed by atoms with Crippen molar-refractivity contribution in [2.75, 3.05) is 43.4 Å². The van der Waals surface area contributed by atoms with Crippen LogP contribution in [0.2, 0.25) is 5.02 Å². The quantitative estimate of drug-likeness (QED) is 0.925. The maximum Gasteiger partial charge on any atom is 0.276 e. The number of nitrogens with one attached hydrogen (secondary N) is 1. The van der Waals surface area contributed by atoms with Crippen LogP contribution in [0.15, 0.2) is 30.3 Å². The van der Waals surface area contributed by atoms with E-state index >= 15 is 0 Å². The molecule has 0 unspecified atom stereocenters. The van der Waals surface area contributed by atoms with E-state index in [0.717, 1.165) is 37.6 Å². The van der Waals surface area contributed by atoms with E-state index in [2.05, 4.69) is 32.4 Å². The number of hydrogen-bond donors (Lipinski definition) is 1. The highest BCUT2D eigenvalue weighted by molar-refractivity contribution is 6.31. The molecule has 0 saturated carbocycles. The number of piperazine rings is 1. The number of carbonyl (C=O) groups excluding carboxylic acids is 1. The standard InChI is InChI=1S/C17H20ClN5O/c1-12-3-4-13(11-14(12)18)19-17(24)15-5-6-16(21-20-15)23-9-7-22(2)8-10-23/h3-6,11H,7-10H2,1-2H3,(H,19,24). The number of aromatic nitrogens is 2. The molecule has 2 heterocycles. The van der Waals surface area contributed by atoms with Crippen molar-refractivity contribution in [3.8, 4) is 0 Å². The van der Waals surface area contributed by atoms with Crippen molar-refractivity contribution in [3.63, 3.8) is 0 Å². The zero-order valence-corrected chi connectivity index (χ0v) is 14.5. The summed E-state index contributed by atoms with van der Waals surface area (Å²) in [6, 6.07) is 8.94. The van der Waals surface area contributed by atoms with Crippen LogP contribution in [0, 0.1) is 6.92 Å². The van der Waals surface area contributed by atoms with Gasteiger partial charge >= 0.3 is 0 Å². The minimum Gasteiger partial charge on any atom is -0.353 e. The predicted octanol–water partition coefficient (Wildman–Crippen LogP) is 2.44. The molecule has 1 aromatic carbocycles. The largest absolute Gasteiger partial charge is 0.353 e. The second-order valence-corrected chi connectivity index (χ2v) is 6.39. The molecule has 1 aliphatic heterocycles. The van der Waals surface area contributed by atoms with E-state index in [1.807, 2.05) is 25.1 Å². The minimum absolute atomic E-state index is 0.282. The Hall–Kier alpha value is -2.18. The number of benzene rings is 1. The molecule has 0 atom stereocenters. The Balaban J connectivity index is 1.66. The van der Waals surface area contributed by atoms with E-state index in [0.29, 0.717) is 10.7 Å². The Labute approximate surface area is 146 Å². The van der Waals surface area contributed by atoms with Gasteiger partial charge in [-0.25, -0.2) is 0 Å². The first kappa shape index (κ1) is 16.7. The monoisotopic (exact) mass is 345 g/mol. The van der Waals surface area contributed by atoms with Crippen LogP contribution in [0.3, 0.4) is 0 Å². The fourth-order valence-corrected chi connectivity index (χ4v) is 2.70. The number of anilines is 2. The predicted molar refractivity (Wildman–Crippen MR) is 95.9 cm³/mol. The third kappa shape index (κ3) is 3.83. The molecule has 24 heavy (non-hydrogen) atoms. The second-order valence-electron chi connectivity index (χ2n) is 5.99. The molecule has 0 radical (unpaired) electrons. The van der Waals surface area contributed by atoms with Gasteiger partial charge in [-0.2, -0.15) is 0 Å². The Morgan fingerprint density at radius 3 is 2.50 bits per heavy atom. The van der Waals surface area contributed by atoms with Crippen LogP contribution in [-0.2, 0) is 0 Å². The lowest BCUT2D eigenvalue weighted by Crippen LogP contribution is -2.44. The van der Waals surface area contributed by atoms with Crippen LogP contribution in [0.4, 0.5) is 11.5 Å². The normalized spacial score (nSPS) is 15.4. The first-order chi connectivity index (χ1) is 11.5. The third-order valence-electron chi connectivity index (χ3n) is 4.14. The molecule has 1 aromatic heterocycles. The van der Waals surface area contributed by atoms with Gasteiger partial charge in [0.1, 0.15) is 0 Å². The molecule has 2 aromatic rings. The average molecular weight is 346 g/mol. The van der Waals surface area contributed by atoms with Gasteiger partial charge in [-0.05, 0) is 43.8 Å². The van der Waals surface area contributed by atoms with E-state index in [-0.39, 0.29) is 11.6 Å². The van der Waals surface area contributed by atoms with Crippen molar-refractivity contribution in [3.05, 3.63) is 46.6 Å². The Kier molecular flexibility index (Phi) is 4.97. The van der Waals surface area contributed by atoms with E-state index < -0.39 is 0 Å². The summed E-state index contributed by atoms with van der Waals surface area (Å²) in [4.78, 5) is 16.7. The van der Waals surface area contributed by atoms with Crippen LogP contribution in [0.5, 0.6) is 0 Å². The Morgan fingerprint density at radius 2 is 1.88 bits per heavy atom. The summed E-state index contributed by atoms with van der Waals surface area (Å²) in [5.41, 5.74) is 1.89. The molecule has 0 spiro atoms. The van der Waals surface area contributed by atoms with Crippen molar-refractivity contribution < 1.29 is 4.79 Å². The summed E-state index contributed by atoms with van der Waals surface area (Å²) in [5, 5.41) is 11.7. The number of hydrogen-bond acceptors (Lipinski definition) is 5. The van der Waals surface area contributed by atoms with Crippen molar-refractivity contribution in [2.45, 2.75) is 6.92 Å². The van der Waals surface area contributed by atoms with Gasteiger partial charge in [0, 0.05) is 36.9 Å². The Morgan fingerprint density at radius 1 is 1.12 bits per heavy atom. The molecule has 1 amide bonds. The lowest BCUT2D eigenvalue weighted by Gasteiger charge is -2.32. The minimum atomic E-state index is -0.299. The highest BCUT2D eigenvalue weighted by atomic mass is 35.5. The first-order valence-electron chi connectivity index (χ1n) is 7.87. The van der Waals surface area contributed by atoms with E-state index in [4.69, 9.17) is 11.6 Å². The van der Waals surface area contributed by atoms with Crippen LogP contribution in [0.25, 0.3) is 0 Å². The second kappa shape index (κ2) is 7.15. The summed E-state index contributed by atoms with van der Waals surface area (Å²) in [5.74, 6) is 0.505. The van der Waals surface area contributed by atoms with Crippen LogP contribution in [0.1, 0.15) is 16.1 Å². The van der Waals surface area contributed by atoms with Gasteiger partial charge in [0.25, 0.3) is 5.91 Å². The number of likely N-dealkylation sites (N-methyl/N-ethyl adjacent to an activating group) is 1. The van der Waals surface area contributed by atoms with Gasteiger partial charge in [0.2, 0.25) is 0 Å². The number of carbonyl (C=O) groups is 1. The van der Waals surface area contributed by atoms with Gasteiger partial charge < -0.3 is 15.1 Å². The summed E-state index contributed by atoms with van der Waals surface area (Å²) in [6.45, 7) is 5.74. The molecule has 0 aliphatic carbocycles. The lowest BCUT2D eigenvalue weighted by atomic mass is 10.2. The smallest absolute Gasteiger partial charge is 0.276 e. The number of aryl methyl sites for hydroxylation is 1. The first-order valence-corrected chi connectivity index (χ1v) is 8.25. The van der Waals surface area contributed by atoms with E-state index in [9.17, 15) is 4.79 Å². The fraction of sp³-hybridized carbons (Fsp3) is 0.353. The SMILES string of the molecule is Cc1ccc(NC(=O)c2ccc(N3CCN(C)CC3)nn2)cc1Cl. The molecular weight excluding hydrogens is 326 g/mol. The fourth-order valence-electron chi connectivity index (χ4n) is 2.52.